The van der Waals surface area contributed by atoms with Crippen LogP contribution in [0.25, 0.3) is 0 Å². The third-order valence-corrected chi connectivity index (χ3v) is 2.98. The molecule has 1 aromatic rings. The van der Waals surface area contributed by atoms with Crippen LogP contribution < -0.4 is 11.1 Å². The molecule has 1 fully saturated rings. The predicted octanol–water partition coefficient (Wildman–Crippen LogP) is 2.33. The lowest BCUT2D eigenvalue weighted by Gasteiger charge is -2.40. The van der Waals surface area contributed by atoms with Crippen molar-refractivity contribution in [3.8, 4) is 0 Å². The molecule has 0 radical (unpaired) electrons. The lowest BCUT2D eigenvalue weighted by molar-refractivity contribution is 0.305. The van der Waals surface area contributed by atoms with Crippen molar-refractivity contribution in [2.75, 3.05) is 11.1 Å². The van der Waals surface area contributed by atoms with Gasteiger partial charge in [-0.3, -0.25) is 0 Å². The van der Waals surface area contributed by atoms with Crippen LogP contribution in [0.4, 0.5) is 11.5 Å². The number of pyridine rings is 1. The van der Waals surface area contributed by atoms with Gasteiger partial charge >= 0.3 is 0 Å². The number of nitrogens with zero attached hydrogens (tertiary/aromatic N) is 1. The number of nitrogen functional groups attached to an aromatic ring is 1. The highest BCUT2D eigenvalue weighted by atomic mass is 15.1. The third kappa shape index (κ3) is 1.67. The van der Waals surface area contributed by atoms with E-state index in [0.29, 0.717) is 0 Å². The Kier molecular flexibility index (Phi) is 2.10. The fourth-order valence-corrected chi connectivity index (χ4v) is 1.85. The number of aromatic nitrogens is 1. The number of nitrogens with two attached hydrogens (primary N) is 1. The van der Waals surface area contributed by atoms with Gasteiger partial charge in [-0.1, -0.05) is 0 Å². The van der Waals surface area contributed by atoms with E-state index in [9.17, 15) is 0 Å². The molecule has 0 unspecified atom stereocenters. The number of anilines is 2. The molecule has 1 aromatic heterocycles. The molecule has 1 aliphatic rings. The van der Waals surface area contributed by atoms with Crippen LogP contribution in [0.2, 0.25) is 0 Å². The summed E-state index contributed by atoms with van der Waals surface area (Å²) in [4.78, 5) is 4.31. The molecular weight excluding hydrogens is 174 g/mol. The molecule has 76 valence electrons. The fraction of sp³-hybridized carbons (Fsp3) is 0.545. The van der Waals surface area contributed by atoms with Crippen LogP contribution in [0, 0.1) is 6.92 Å². The highest BCUT2D eigenvalue weighted by Crippen LogP contribution is 2.34. The minimum absolute atomic E-state index is 0.258. The summed E-state index contributed by atoms with van der Waals surface area (Å²) in [5, 5.41) is 3.48. The van der Waals surface area contributed by atoms with Crippen LogP contribution in [-0.4, -0.2) is 10.5 Å². The Hall–Kier alpha value is -1.25. The van der Waals surface area contributed by atoms with E-state index in [1.54, 1.807) is 6.20 Å². The first-order valence-electron chi connectivity index (χ1n) is 5.09. The van der Waals surface area contributed by atoms with Gasteiger partial charge in [0.2, 0.25) is 0 Å². The van der Waals surface area contributed by atoms with E-state index in [0.717, 1.165) is 17.1 Å². The van der Waals surface area contributed by atoms with Crippen molar-refractivity contribution in [1.29, 1.82) is 0 Å². The molecule has 3 nitrogen and oxygen atoms in total. The smallest absolute Gasteiger partial charge is 0.129 e. The molecule has 0 amide bonds. The lowest BCUT2D eigenvalue weighted by Crippen LogP contribution is -2.42. The molecule has 0 aromatic carbocycles. The van der Waals surface area contributed by atoms with Crippen molar-refractivity contribution in [2.45, 2.75) is 38.6 Å². The zero-order chi connectivity index (χ0) is 10.2. The Bertz CT molecular complexity index is 342. The summed E-state index contributed by atoms with van der Waals surface area (Å²) in [6, 6.07) is 1.96. The monoisotopic (exact) mass is 191 g/mol. The van der Waals surface area contributed by atoms with Crippen molar-refractivity contribution < 1.29 is 0 Å². The standard InChI is InChI=1S/C11H17N3/c1-8-6-9(12)7-13-10(8)14-11(2)4-3-5-11/h6-7H,3-5,12H2,1-2H3,(H,13,14). The maximum Gasteiger partial charge on any atom is 0.129 e. The summed E-state index contributed by atoms with van der Waals surface area (Å²) < 4.78 is 0. The van der Waals surface area contributed by atoms with E-state index in [4.69, 9.17) is 5.73 Å². The van der Waals surface area contributed by atoms with Crippen molar-refractivity contribution in [1.82, 2.24) is 4.98 Å². The van der Waals surface area contributed by atoms with Gasteiger partial charge < -0.3 is 11.1 Å². The van der Waals surface area contributed by atoms with Crippen molar-refractivity contribution in [3.63, 3.8) is 0 Å². The van der Waals surface area contributed by atoms with Crippen LogP contribution in [0.1, 0.15) is 31.7 Å². The Morgan fingerprint density at radius 1 is 1.50 bits per heavy atom. The maximum atomic E-state index is 5.65. The number of hydrogen-bond donors (Lipinski definition) is 2. The Morgan fingerprint density at radius 3 is 2.71 bits per heavy atom. The second-order valence-electron chi connectivity index (χ2n) is 4.47. The van der Waals surface area contributed by atoms with E-state index < -0.39 is 0 Å². The average molecular weight is 191 g/mol. The van der Waals surface area contributed by atoms with Crippen LogP contribution >= 0.6 is 0 Å². The molecule has 0 atom stereocenters. The largest absolute Gasteiger partial charge is 0.397 e. The van der Waals surface area contributed by atoms with Gasteiger partial charge in [-0.25, -0.2) is 4.98 Å². The van der Waals surface area contributed by atoms with Crippen LogP contribution in [-0.2, 0) is 0 Å². The molecule has 3 N–H and O–H groups in total. The number of nitrogens with one attached hydrogen (secondary N) is 1. The van der Waals surface area contributed by atoms with Gasteiger partial charge in [-0.15, -0.1) is 0 Å². The summed E-state index contributed by atoms with van der Waals surface area (Å²) in [6.07, 6.45) is 5.49. The zero-order valence-electron chi connectivity index (χ0n) is 8.80. The van der Waals surface area contributed by atoms with E-state index in [2.05, 4.69) is 17.2 Å². The molecule has 0 saturated heterocycles. The molecule has 1 heterocycles. The quantitative estimate of drug-likeness (QED) is 0.754. The molecule has 3 heteroatoms. The second-order valence-corrected chi connectivity index (χ2v) is 4.47. The summed E-state index contributed by atoms with van der Waals surface area (Å²) in [6.45, 7) is 4.28. The number of hydrogen-bond acceptors (Lipinski definition) is 3. The second kappa shape index (κ2) is 3.15. The summed E-state index contributed by atoms with van der Waals surface area (Å²) in [5.74, 6) is 0.974. The molecule has 14 heavy (non-hydrogen) atoms. The highest BCUT2D eigenvalue weighted by molar-refractivity contribution is 5.52. The van der Waals surface area contributed by atoms with Crippen molar-refractivity contribution in [3.05, 3.63) is 17.8 Å². The summed E-state index contributed by atoms with van der Waals surface area (Å²) >= 11 is 0. The first-order valence-corrected chi connectivity index (χ1v) is 5.09. The van der Waals surface area contributed by atoms with Gasteiger partial charge in [0, 0.05) is 5.54 Å². The molecule has 1 aliphatic carbocycles. The van der Waals surface area contributed by atoms with Gasteiger partial charge in [0.05, 0.1) is 11.9 Å². The van der Waals surface area contributed by atoms with Gasteiger partial charge in [-0.05, 0) is 44.7 Å². The highest BCUT2D eigenvalue weighted by Gasteiger charge is 2.31. The minimum Gasteiger partial charge on any atom is -0.397 e. The Labute approximate surface area is 84.7 Å². The third-order valence-electron chi connectivity index (χ3n) is 2.98. The van der Waals surface area contributed by atoms with E-state index >= 15 is 0 Å². The minimum atomic E-state index is 0.258. The molecular formula is C11H17N3. The average Bonchev–Trinajstić information content (AvgIpc) is 2.07. The molecule has 1 saturated carbocycles. The van der Waals surface area contributed by atoms with Gasteiger partial charge in [0.1, 0.15) is 5.82 Å². The lowest BCUT2D eigenvalue weighted by atomic mass is 9.78. The van der Waals surface area contributed by atoms with Crippen LogP contribution in [0.3, 0.4) is 0 Å². The van der Waals surface area contributed by atoms with Gasteiger partial charge in [0.15, 0.2) is 0 Å². The Balaban J connectivity index is 2.16. The topological polar surface area (TPSA) is 50.9 Å². The van der Waals surface area contributed by atoms with E-state index in [1.807, 2.05) is 13.0 Å². The van der Waals surface area contributed by atoms with Crippen LogP contribution in [0.15, 0.2) is 12.3 Å². The molecule has 0 aliphatic heterocycles. The normalized spacial score (nSPS) is 18.7. The van der Waals surface area contributed by atoms with E-state index in [-0.39, 0.29) is 5.54 Å². The first kappa shape index (κ1) is 9.31. The molecule has 0 spiro atoms. The molecule has 0 bridgehead atoms. The maximum absolute atomic E-state index is 5.65. The van der Waals surface area contributed by atoms with Gasteiger partial charge in [0.25, 0.3) is 0 Å². The fourth-order valence-electron chi connectivity index (χ4n) is 1.85. The van der Waals surface area contributed by atoms with Crippen molar-refractivity contribution >= 4 is 11.5 Å². The summed E-state index contributed by atoms with van der Waals surface area (Å²) in [5.41, 5.74) is 7.76. The predicted molar refractivity (Wildman–Crippen MR) is 59.3 cm³/mol. The van der Waals surface area contributed by atoms with Crippen molar-refractivity contribution in [2.24, 2.45) is 0 Å². The SMILES string of the molecule is Cc1cc(N)cnc1NC1(C)CCC1. The zero-order valence-corrected chi connectivity index (χ0v) is 8.80. The first-order chi connectivity index (χ1) is 6.59. The number of rotatable bonds is 2. The Morgan fingerprint density at radius 2 is 2.21 bits per heavy atom. The number of aryl methyl sites for hydroxylation is 1. The van der Waals surface area contributed by atoms with E-state index in [1.165, 1.54) is 19.3 Å². The molecule has 2 rings (SSSR count). The van der Waals surface area contributed by atoms with Crippen LogP contribution in [0.5, 0.6) is 0 Å². The van der Waals surface area contributed by atoms with Gasteiger partial charge in [-0.2, -0.15) is 0 Å². The summed E-state index contributed by atoms with van der Waals surface area (Å²) in [7, 11) is 0.